The van der Waals surface area contributed by atoms with E-state index < -0.39 is 0 Å². The van der Waals surface area contributed by atoms with E-state index in [9.17, 15) is 4.79 Å². The molecule has 0 saturated heterocycles. The van der Waals surface area contributed by atoms with Gasteiger partial charge in [-0.1, -0.05) is 56.9 Å². The summed E-state index contributed by atoms with van der Waals surface area (Å²) in [5, 5.41) is 8.72. The molecular weight excluding hydrogens is 362 g/mol. The van der Waals surface area contributed by atoms with Crippen LogP contribution in [0.4, 0.5) is 5.69 Å². The zero-order valence-corrected chi connectivity index (χ0v) is 17.6. The third-order valence-electron chi connectivity index (χ3n) is 4.53. The van der Waals surface area contributed by atoms with E-state index >= 15 is 0 Å². The molecule has 0 aromatic heterocycles. The van der Waals surface area contributed by atoms with Crippen molar-refractivity contribution >= 4 is 17.7 Å². The number of nitriles is 1. The predicted molar refractivity (Wildman–Crippen MR) is 118 cm³/mol. The van der Waals surface area contributed by atoms with Crippen LogP contribution < -0.4 is 4.90 Å². The Morgan fingerprint density at radius 3 is 2.55 bits per heavy atom. The highest BCUT2D eigenvalue weighted by atomic mass is 16.5. The van der Waals surface area contributed by atoms with Crippen LogP contribution in [0, 0.1) is 17.9 Å². The van der Waals surface area contributed by atoms with Crippen LogP contribution >= 0.6 is 0 Å². The molecule has 0 radical (unpaired) electrons. The number of hydrogen-bond donors (Lipinski definition) is 0. The second-order valence-electron chi connectivity index (χ2n) is 6.69. The topological polar surface area (TPSA) is 57.7 Å². The van der Waals surface area contributed by atoms with Crippen molar-refractivity contribution in [2.45, 2.75) is 52.4 Å². The molecule has 0 aliphatic rings. The van der Waals surface area contributed by atoms with Crippen molar-refractivity contribution in [1.82, 2.24) is 0 Å². The van der Waals surface area contributed by atoms with Gasteiger partial charge in [-0.3, -0.25) is 4.79 Å². The zero-order valence-electron chi connectivity index (χ0n) is 17.6. The van der Waals surface area contributed by atoms with Gasteiger partial charge in [-0.2, -0.15) is 0 Å². The number of rotatable bonds is 13. The fourth-order valence-corrected chi connectivity index (χ4v) is 2.83. The Hall–Kier alpha value is -3.05. The lowest BCUT2D eigenvalue weighted by Gasteiger charge is -2.23. The van der Waals surface area contributed by atoms with Crippen molar-refractivity contribution in [3.05, 3.63) is 59.1 Å². The minimum atomic E-state index is -0.109. The number of carbonyl (C=O) groups is 1. The van der Waals surface area contributed by atoms with Crippen LogP contribution in [0.5, 0.6) is 0 Å². The molecule has 5 heteroatoms. The maximum absolute atomic E-state index is 11.8. The molecule has 0 N–H and O–H groups in total. The minimum absolute atomic E-state index is 0.0607. The summed E-state index contributed by atoms with van der Waals surface area (Å²) >= 11 is 0. The second-order valence-corrected chi connectivity index (χ2v) is 6.69. The third kappa shape index (κ3) is 10.2. The molecule has 0 aliphatic heterocycles. The first-order chi connectivity index (χ1) is 14.1. The Bertz CT molecular complexity index is 736. The number of hydrogen-bond acceptors (Lipinski definition) is 4. The van der Waals surface area contributed by atoms with Crippen molar-refractivity contribution in [3.8, 4) is 6.07 Å². The van der Waals surface area contributed by atoms with Gasteiger partial charge in [0.15, 0.2) is 0 Å². The summed E-state index contributed by atoms with van der Waals surface area (Å²) < 4.78 is 5.37. The largest absolute Gasteiger partial charge is 0.464 e. The van der Waals surface area contributed by atoms with Crippen molar-refractivity contribution in [2.75, 3.05) is 24.6 Å². The van der Waals surface area contributed by atoms with Crippen LogP contribution in [0.3, 0.4) is 0 Å². The van der Waals surface area contributed by atoms with Crippen LogP contribution in [0.15, 0.2) is 42.1 Å². The molecule has 0 bridgehead atoms. The lowest BCUT2D eigenvalue weighted by Crippen LogP contribution is -2.27. The molecule has 0 atom stereocenters. The lowest BCUT2D eigenvalue weighted by molar-refractivity contribution is -0.143. The number of carbonyl (C=O) groups excluding carboxylic acids is 1. The Morgan fingerprint density at radius 1 is 1.21 bits per heavy atom. The fourth-order valence-electron chi connectivity index (χ4n) is 2.83. The van der Waals surface area contributed by atoms with Crippen LogP contribution in [-0.2, 0) is 9.53 Å². The molecule has 0 fully saturated rings. The van der Waals surface area contributed by atoms with E-state index in [1.165, 1.54) is 25.3 Å². The van der Waals surface area contributed by atoms with Crippen molar-refractivity contribution in [2.24, 2.45) is 0 Å². The van der Waals surface area contributed by atoms with Gasteiger partial charge in [0.05, 0.1) is 19.2 Å². The molecule has 1 rings (SSSR count). The van der Waals surface area contributed by atoms with E-state index in [0.717, 1.165) is 30.6 Å². The highest BCUT2D eigenvalue weighted by Crippen LogP contribution is 2.16. The van der Waals surface area contributed by atoms with E-state index in [1.54, 1.807) is 6.08 Å². The highest BCUT2D eigenvalue weighted by Gasteiger charge is 2.07. The number of ether oxygens (including phenoxy) is 1. The predicted octanol–water partition coefficient (Wildman–Crippen LogP) is 5.76. The molecule has 0 aliphatic carbocycles. The van der Waals surface area contributed by atoms with Crippen LogP contribution in [0.25, 0.3) is 10.9 Å². The number of benzene rings is 1. The molecule has 0 amide bonds. The zero-order chi connectivity index (χ0) is 21.3. The maximum atomic E-state index is 11.8. The van der Waals surface area contributed by atoms with E-state index in [-0.39, 0.29) is 11.7 Å². The van der Waals surface area contributed by atoms with Crippen molar-refractivity contribution in [1.29, 1.82) is 5.26 Å². The summed E-state index contributed by atoms with van der Waals surface area (Å²) in [5.74, 6) is -0.109. The number of unbranched alkanes of at least 4 members (excludes halogenated alkanes) is 4. The van der Waals surface area contributed by atoms with Gasteiger partial charge in [0.25, 0.3) is 5.70 Å². The average Bonchev–Trinajstić information content (AvgIpc) is 2.75. The molecule has 0 spiro atoms. The van der Waals surface area contributed by atoms with Crippen molar-refractivity contribution in [3.63, 3.8) is 0 Å². The first-order valence-electron chi connectivity index (χ1n) is 10.3. The van der Waals surface area contributed by atoms with Gasteiger partial charge in [0.1, 0.15) is 6.61 Å². The summed E-state index contributed by atoms with van der Waals surface area (Å²) in [6.07, 6.45) is 11.2. The molecule has 154 valence electrons. The number of esters is 1. The summed E-state index contributed by atoms with van der Waals surface area (Å²) in [5.41, 5.74) is 2.11. The molecular formula is C24H31N3O2. The molecule has 5 nitrogen and oxygen atoms in total. The fraction of sp³-hybridized carbons (Fsp3) is 0.458. The van der Waals surface area contributed by atoms with E-state index in [2.05, 4.69) is 23.6 Å². The van der Waals surface area contributed by atoms with Crippen LogP contribution in [0.2, 0.25) is 0 Å². The average molecular weight is 394 g/mol. The van der Waals surface area contributed by atoms with Gasteiger partial charge in [0.2, 0.25) is 0 Å². The van der Waals surface area contributed by atoms with Crippen LogP contribution in [0.1, 0.15) is 57.9 Å². The van der Waals surface area contributed by atoms with Gasteiger partial charge in [0, 0.05) is 18.7 Å². The quantitative estimate of drug-likeness (QED) is 0.141. The molecule has 29 heavy (non-hydrogen) atoms. The maximum Gasteiger partial charge on any atom is 0.305 e. The SMILES string of the molecule is [C-]#[N+]C(C#N)=CC=Cc1ccc(N(CC)CCOC(=O)CCCCCCC)cc1. The van der Waals surface area contributed by atoms with Gasteiger partial charge in [-0.25, -0.2) is 10.1 Å². The Balaban J connectivity index is 2.44. The second kappa shape index (κ2) is 14.9. The van der Waals surface area contributed by atoms with E-state index in [0.29, 0.717) is 19.6 Å². The van der Waals surface area contributed by atoms with Gasteiger partial charge in [-0.15, -0.1) is 0 Å². The molecule has 1 aromatic carbocycles. The normalized spacial score (nSPS) is 11.1. The minimum Gasteiger partial charge on any atom is -0.464 e. The number of nitrogens with zero attached hydrogens (tertiary/aromatic N) is 3. The first-order valence-corrected chi connectivity index (χ1v) is 10.3. The van der Waals surface area contributed by atoms with E-state index in [4.69, 9.17) is 16.6 Å². The summed E-state index contributed by atoms with van der Waals surface area (Å²) in [4.78, 5) is 17.1. The highest BCUT2D eigenvalue weighted by molar-refractivity contribution is 5.69. The van der Waals surface area contributed by atoms with Crippen LogP contribution in [-0.4, -0.2) is 25.7 Å². The van der Waals surface area contributed by atoms with Gasteiger partial charge >= 0.3 is 5.97 Å². The summed E-state index contributed by atoms with van der Waals surface area (Å²) in [6.45, 7) is 13.0. The lowest BCUT2D eigenvalue weighted by atomic mass is 10.1. The van der Waals surface area contributed by atoms with Gasteiger partial charge in [-0.05, 0) is 37.1 Å². The van der Waals surface area contributed by atoms with E-state index in [1.807, 2.05) is 36.4 Å². The Morgan fingerprint density at radius 2 is 1.93 bits per heavy atom. The number of allylic oxidation sites excluding steroid dienone is 3. The molecule has 0 unspecified atom stereocenters. The molecule has 0 saturated carbocycles. The first kappa shape index (κ1) is 24.0. The number of likely N-dealkylation sites (N-methyl/N-ethyl adjacent to an activating group) is 1. The monoisotopic (exact) mass is 393 g/mol. The standard InChI is InChI=1S/C24H31N3O2/c1-4-6-7-8-9-13-24(28)29-19-18-27(5-2)23-16-14-21(15-17-23)11-10-12-22(20-25)26-3/h10-12,14-17H,4-9,13,18-19H2,1-2H3. The molecule has 1 aromatic rings. The summed E-state index contributed by atoms with van der Waals surface area (Å²) in [6, 6.07) is 9.82. The van der Waals surface area contributed by atoms with Crippen molar-refractivity contribution < 1.29 is 9.53 Å². The third-order valence-corrected chi connectivity index (χ3v) is 4.53. The Labute approximate surface area is 175 Å². The van der Waals surface area contributed by atoms with Gasteiger partial charge < -0.3 is 9.64 Å². The Kier molecular flexibility index (Phi) is 12.4. The summed E-state index contributed by atoms with van der Waals surface area (Å²) in [7, 11) is 0. The molecule has 0 heterocycles. The number of anilines is 1. The smallest absolute Gasteiger partial charge is 0.305 e.